The molecule has 2 aromatic rings. The topological polar surface area (TPSA) is 65.4 Å². The van der Waals surface area contributed by atoms with Crippen LogP contribution in [0, 0.1) is 12.7 Å². The number of piperidine rings is 1. The van der Waals surface area contributed by atoms with Crippen LogP contribution in [-0.2, 0) is 4.74 Å². The van der Waals surface area contributed by atoms with Crippen LogP contribution in [0.2, 0.25) is 5.02 Å². The Labute approximate surface area is 199 Å². The Hall–Kier alpha value is -1.90. The van der Waals surface area contributed by atoms with E-state index in [1.807, 2.05) is 0 Å². The van der Waals surface area contributed by atoms with E-state index in [1.54, 1.807) is 0 Å². The third-order valence-corrected chi connectivity index (χ3v) is 6.74. The van der Waals surface area contributed by atoms with Gasteiger partial charge in [0.25, 0.3) is 0 Å². The predicted octanol–water partition coefficient (Wildman–Crippen LogP) is 3.26. The Balaban J connectivity index is 1.33. The number of aryl methyl sites for hydroxylation is 1. The summed E-state index contributed by atoms with van der Waals surface area (Å²) in [5.41, 5.74) is 0.335. The fourth-order valence-electron chi connectivity index (χ4n) is 4.51. The zero-order valence-electron chi connectivity index (χ0n) is 19.0. The molecule has 2 aromatic carbocycles. The summed E-state index contributed by atoms with van der Waals surface area (Å²) in [6, 6.07) is 12.6. The zero-order chi connectivity index (χ0) is 23.5. The Morgan fingerprint density at radius 2 is 1.79 bits per heavy atom. The Bertz CT molecular complexity index is 937. The van der Waals surface area contributed by atoms with E-state index in [4.69, 9.17) is 21.1 Å². The van der Waals surface area contributed by atoms with Crippen molar-refractivity contribution < 1.29 is 24.1 Å². The second-order valence-electron chi connectivity index (χ2n) is 9.40. The van der Waals surface area contributed by atoms with Gasteiger partial charge in [-0.05, 0) is 44.0 Å². The van der Waals surface area contributed by atoms with Crippen LogP contribution in [0.25, 0.3) is 0 Å². The van der Waals surface area contributed by atoms with Crippen molar-refractivity contribution in [1.29, 1.82) is 0 Å². The number of β-amino-alcohol motifs (C(OH)–C–C–N with tert-alkyl or cyclic N) is 2. The van der Waals surface area contributed by atoms with Crippen LogP contribution in [-0.4, -0.2) is 78.9 Å². The number of aliphatic hydroxyl groups is 2. The SMILES string of the molecule is Cc1ccc(N2CCC(O)(CN3CCOC[C@@](O)(COc4ccc(F)c(Cl)c4)C3)CC2)cc1. The summed E-state index contributed by atoms with van der Waals surface area (Å²) in [6.45, 7) is 5.60. The Morgan fingerprint density at radius 3 is 2.48 bits per heavy atom. The lowest BCUT2D eigenvalue weighted by atomic mass is 9.90. The van der Waals surface area contributed by atoms with Crippen LogP contribution in [0.15, 0.2) is 42.5 Å². The van der Waals surface area contributed by atoms with Gasteiger partial charge in [-0.2, -0.15) is 0 Å². The molecular weight excluding hydrogens is 447 g/mol. The summed E-state index contributed by atoms with van der Waals surface area (Å²) in [6.07, 6.45) is 1.31. The second kappa shape index (κ2) is 10.2. The molecule has 2 saturated heterocycles. The minimum atomic E-state index is -1.25. The van der Waals surface area contributed by atoms with Crippen molar-refractivity contribution in [2.75, 3.05) is 57.4 Å². The quantitative estimate of drug-likeness (QED) is 0.664. The lowest BCUT2D eigenvalue weighted by Crippen LogP contribution is -2.55. The van der Waals surface area contributed by atoms with Crippen LogP contribution < -0.4 is 9.64 Å². The van der Waals surface area contributed by atoms with Crippen molar-refractivity contribution in [3.8, 4) is 5.75 Å². The normalized spacial score (nSPS) is 23.8. The van der Waals surface area contributed by atoms with Gasteiger partial charge in [0.15, 0.2) is 0 Å². The molecule has 0 saturated carbocycles. The first-order chi connectivity index (χ1) is 15.7. The Kier molecular flexibility index (Phi) is 7.46. The van der Waals surface area contributed by atoms with Gasteiger partial charge in [0.05, 0.1) is 23.8 Å². The molecule has 4 rings (SSSR count). The van der Waals surface area contributed by atoms with Gasteiger partial charge in [0.2, 0.25) is 0 Å². The molecule has 2 fully saturated rings. The summed E-state index contributed by atoms with van der Waals surface area (Å²) >= 11 is 5.82. The van der Waals surface area contributed by atoms with E-state index < -0.39 is 17.0 Å². The van der Waals surface area contributed by atoms with E-state index in [-0.39, 0.29) is 18.2 Å². The van der Waals surface area contributed by atoms with E-state index in [1.165, 1.54) is 29.4 Å². The summed E-state index contributed by atoms with van der Waals surface area (Å²) in [5.74, 6) is -0.138. The summed E-state index contributed by atoms with van der Waals surface area (Å²) in [7, 11) is 0. The molecule has 0 unspecified atom stereocenters. The minimum Gasteiger partial charge on any atom is -0.490 e. The molecule has 1 atom stereocenters. The maximum Gasteiger partial charge on any atom is 0.142 e. The second-order valence-corrected chi connectivity index (χ2v) is 9.81. The molecule has 0 bridgehead atoms. The van der Waals surface area contributed by atoms with Crippen LogP contribution in [0.5, 0.6) is 5.75 Å². The number of rotatable bonds is 6. The molecule has 2 heterocycles. The van der Waals surface area contributed by atoms with E-state index >= 15 is 0 Å². The smallest absolute Gasteiger partial charge is 0.142 e. The van der Waals surface area contributed by atoms with Crippen LogP contribution in [0.1, 0.15) is 18.4 Å². The highest BCUT2D eigenvalue weighted by Crippen LogP contribution is 2.29. The standard InChI is InChI=1S/C25H32ClFN2O4/c1-19-2-4-20(5-3-19)29-10-8-24(30,9-11-29)15-28-12-13-32-17-25(31,16-28)18-33-21-6-7-23(27)22(26)14-21/h2-7,14,30-31H,8-13,15-18H2,1H3/t25-/m1/s1. The number of benzene rings is 2. The third kappa shape index (κ3) is 6.37. The summed E-state index contributed by atoms with van der Waals surface area (Å²) in [4.78, 5) is 4.35. The lowest BCUT2D eigenvalue weighted by molar-refractivity contribution is -0.0742. The Morgan fingerprint density at radius 1 is 1.06 bits per heavy atom. The molecular formula is C25H32ClFN2O4. The maximum atomic E-state index is 13.4. The lowest BCUT2D eigenvalue weighted by Gasteiger charge is -2.42. The van der Waals surface area contributed by atoms with Crippen molar-refractivity contribution in [3.63, 3.8) is 0 Å². The molecule has 0 aromatic heterocycles. The van der Waals surface area contributed by atoms with E-state index in [9.17, 15) is 14.6 Å². The molecule has 2 aliphatic heterocycles. The molecule has 0 radical (unpaired) electrons. The van der Waals surface area contributed by atoms with Gasteiger partial charge in [-0.25, -0.2) is 4.39 Å². The first-order valence-corrected chi connectivity index (χ1v) is 11.8. The first-order valence-electron chi connectivity index (χ1n) is 11.4. The van der Waals surface area contributed by atoms with E-state index in [2.05, 4.69) is 41.0 Å². The van der Waals surface area contributed by atoms with Gasteiger partial charge in [-0.15, -0.1) is 0 Å². The molecule has 8 heteroatoms. The monoisotopic (exact) mass is 478 g/mol. The molecule has 2 aliphatic rings. The first kappa shape index (κ1) is 24.2. The third-order valence-electron chi connectivity index (χ3n) is 6.45. The molecule has 0 aliphatic carbocycles. The summed E-state index contributed by atoms with van der Waals surface area (Å²) < 4.78 is 24.7. The average Bonchev–Trinajstić information content (AvgIpc) is 2.97. The number of halogens is 2. The highest BCUT2D eigenvalue weighted by Gasteiger charge is 2.39. The van der Waals surface area contributed by atoms with Crippen molar-refractivity contribution in [2.45, 2.75) is 31.0 Å². The molecule has 180 valence electrons. The summed E-state index contributed by atoms with van der Waals surface area (Å²) in [5, 5.41) is 22.4. The molecule has 33 heavy (non-hydrogen) atoms. The number of ether oxygens (including phenoxy) is 2. The fourth-order valence-corrected chi connectivity index (χ4v) is 4.68. The van der Waals surface area contributed by atoms with Crippen molar-refractivity contribution in [1.82, 2.24) is 4.90 Å². The van der Waals surface area contributed by atoms with Gasteiger partial charge in [-0.1, -0.05) is 29.3 Å². The van der Waals surface area contributed by atoms with Crippen molar-refractivity contribution in [2.24, 2.45) is 0 Å². The van der Waals surface area contributed by atoms with Crippen LogP contribution >= 0.6 is 11.6 Å². The predicted molar refractivity (Wildman–Crippen MR) is 127 cm³/mol. The number of hydrogen-bond donors (Lipinski definition) is 2. The molecule has 0 spiro atoms. The van der Waals surface area contributed by atoms with Crippen molar-refractivity contribution in [3.05, 3.63) is 58.9 Å². The van der Waals surface area contributed by atoms with Gasteiger partial charge in [0.1, 0.15) is 23.8 Å². The highest BCUT2D eigenvalue weighted by atomic mass is 35.5. The number of anilines is 1. The number of hydrogen-bond acceptors (Lipinski definition) is 6. The van der Waals surface area contributed by atoms with Gasteiger partial charge >= 0.3 is 0 Å². The van der Waals surface area contributed by atoms with Gasteiger partial charge in [0, 0.05) is 44.5 Å². The fraction of sp³-hybridized carbons (Fsp3) is 0.520. The van der Waals surface area contributed by atoms with Crippen LogP contribution in [0.4, 0.5) is 10.1 Å². The molecule has 6 nitrogen and oxygen atoms in total. The van der Waals surface area contributed by atoms with Gasteiger partial charge < -0.3 is 24.6 Å². The van der Waals surface area contributed by atoms with Gasteiger partial charge in [-0.3, -0.25) is 4.90 Å². The average molecular weight is 479 g/mol. The molecule has 0 amide bonds. The maximum absolute atomic E-state index is 13.4. The number of nitrogens with zero attached hydrogens (tertiary/aromatic N) is 2. The van der Waals surface area contributed by atoms with Crippen LogP contribution in [0.3, 0.4) is 0 Å². The molecule has 2 N–H and O–H groups in total. The minimum absolute atomic E-state index is 0.0227. The highest BCUT2D eigenvalue weighted by molar-refractivity contribution is 6.30. The van der Waals surface area contributed by atoms with E-state index in [0.29, 0.717) is 44.8 Å². The zero-order valence-corrected chi connectivity index (χ0v) is 19.7. The van der Waals surface area contributed by atoms with E-state index in [0.717, 1.165) is 13.1 Å². The van der Waals surface area contributed by atoms with Crippen molar-refractivity contribution >= 4 is 17.3 Å². The largest absolute Gasteiger partial charge is 0.490 e.